The normalized spacial score (nSPS) is 11.1. The smallest absolute Gasteiger partial charge is 0.224 e. The first-order chi connectivity index (χ1) is 15.6. The third-order valence-electron chi connectivity index (χ3n) is 4.71. The molecule has 32 heavy (non-hydrogen) atoms. The molecule has 0 aliphatic heterocycles. The topological polar surface area (TPSA) is 84.0 Å². The van der Waals surface area contributed by atoms with Crippen molar-refractivity contribution in [1.82, 2.24) is 10.6 Å². The Morgan fingerprint density at radius 1 is 0.906 bits per heavy atom. The molecule has 0 spiro atoms. The van der Waals surface area contributed by atoms with Gasteiger partial charge in [-0.3, -0.25) is 9.79 Å². The van der Waals surface area contributed by atoms with Gasteiger partial charge in [0.1, 0.15) is 0 Å². The van der Waals surface area contributed by atoms with Crippen LogP contribution in [0, 0.1) is 0 Å². The summed E-state index contributed by atoms with van der Waals surface area (Å²) in [6.07, 6.45) is 2.21. The second-order valence-electron chi connectivity index (χ2n) is 7.24. The van der Waals surface area contributed by atoms with Crippen molar-refractivity contribution in [1.29, 1.82) is 0 Å². The quantitative estimate of drug-likeness (QED) is 0.341. The number of nitrogens with one attached hydrogen (secondary N) is 3. The molecule has 2 rings (SSSR count). The molecule has 0 aromatic heterocycles. The summed E-state index contributed by atoms with van der Waals surface area (Å²) >= 11 is 0. The van der Waals surface area contributed by atoms with Crippen molar-refractivity contribution >= 4 is 17.6 Å². The number of carbonyl (C=O) groups excluding carboxylic acids is 1. The third kappa shape index (κ3) is 8.49. The summed E-state index contributed by atoms with van der Waals surface area (Å²) in [5, 5.41) is 9.56. The van der Waals surface area contributed by atoms with Crippen LogP contribution in [-0.2, 0) is 17.8 Å². The summed E-state index contributed by atoms with van der Waals surface area (Å²) < 4.78 is 11.3. The van der Waals surface area contributed by atoms with Crippen LogP contribution in [0.1, 0.15) is 44.7 Å². The van der Waals surface area contributed by atoms with Crippen LogP contribution in [0.2, 0.25) is 0 Å². The highest BCUT2D eigenvalue weighted by molar-refractivity contribution is 5.90. The monoisotopic (exact) mass is 440 g/mol. The third-order valence-corrected chi connectivity index (χ3v) is 4.71. The SMILES string of the molecule is CCCC(=O)Nc1ccc(CNC(=NC)NCCc2ccc(OCC)c(OCC)c2)cc1. The van der Waals surface area contributed by atoms with Gasteiger partial charge in [0.05, 0.1) is 13.2 Å². The Morgan fingerprint density at radius 2 is 1.59 bits per heavy atom. The van der Waals surface area contributed by atoms with E-state index >= 15 is 0 Å². The van der Waals surface area contributed by atoms with E-state index in [1.165, 1.54) is 5.56 Å². The Labute approximate surface area is 191 Å². The summed E-state index contributed by atoms with van der Waals surface area (Å²) in [5.74, 6) is 2.34. The molecule has 2 aromatic carbocycles. The molecule has 7 heteroatoms. The molecule has 1 amide bonds. The number of aliphatic imine (C=N–C) groups is 1. The zero-order chi connectivity index (χ0) is 23.2. The van der Waals surface area contributed by atoms with E-state index in [-0.39, 0.29) is 5.91 Å². The largest absolute Gasteiger partial charge is 0.490 e. The van der Waals surface area contributed by atoms with Gasteiger partial charge in [-0.2, -0.15) is 0 Å². The first-order valence-corrected chi connectivity index (χ1v) is 11.3. The van der Waals surface area contributed by atoms with Crippen LogP contribution in [0.4, 0.5) is 5.69 Å². The molecule has 0 radical (unpaired) electrons. The maximum atomic E-state index is 11.7. The van der Waals surface area contributed by atoms with Crippen molar-refractivity contribution < 1.29 is 14.3 Å². The van der Waals surface area contributed by atoms with Crippen LogP contribution in [0.15, 0.2) is 47.5 Å². The summed E-state index contributed by atoms with van der Waals surface area (Å²) in [4.78, 5) is 16.0. The molecule has 2 aromatic rings. The molecule has 0 atom stereocenters. The minimum atomic E-state index is 0.0453. The zero-order valence-electron chi connectivity index (χ0n) is 19.7. The van der Waals surface area contributed by atoms with E-state index in [0.29, 0.717) is 26.2 Å². The average Bonchev–Trinajstić information content (AvgIpc) is 2.79. The molecular formula is C25H36N4O3. The van der Waals surface area contributed by atoms with Gasteiger partial charge in [-0.25, -0.2) is 0 Å². The highest BCUT2D eigenvalue weighted by Crippen LogP contribution is 2.28. The lowest BCUT2D eigenvalue weighted by atomic mass is 10.1. The van der Waals surface area contributed by atoms with Gasteiger partial charge in [0, 0.05) is 32.2 Å². The number of carbonyl (C=O) groups is 1. The molecule has 7 nitrogen and oxygen atoms in total. The number of hydrogen-bond acceptors (Lipinski definition) is 4. The van der Waals surface area contributed by atoms with Gasteiger partial charge in [-0.1, -0.05) is 25.1 Å². The van der Waals surface area contributed by atoms with Crippen LogP contribution in [0.25, 0.3) is 0 Å². The Balaban J connectivity index is 1.81. The molecule has 174 valence electrons. The predicted octanol–water partition coefficient (Wildman–Crippen LogP) is 4.13. The Bertz CT molecular complexity index is 866. The van der Waals surface area contributed by atoms with Gasteiger partial charge in [0.2, 0.25) is 5.91 Å². The number of nitrogens with zero attached hydrogens (tertiary/aromatic N) is 1. The zero-order valence-corrected chi connectivity index (χ0v) is 19.7. The summed E-state index contributed by atoms with van der Waals surface area (Å²) in [6.45, 7) is 8.51. The first kappa shape index (κ1) is 25.0. The second kappa shape index (κ2) is 14.0. The average molecular weight is 441 g/mol. The lowest BCUT2D eigenvalue weighted by Gasteiger charge is -2.14. The van der Waals surface area contributed by atoms with E-state index in [2.05, 4.69) is 27.0 Å². The van der Waals surface area contributed by atoms with E-state index < -0.39 is 0 Å². The minimum absolute atomic E-state index is 0.0453. The van der Waals surface area contributed by atoms with E-state index in [4.69, 9.17) is 9.47 Å². The molecule has 0 unspecified atom stereocenters. The standard InChI is InChI=1S/C25H36N4O3/c1-5-8-24(30)29-21-12-9-20(10-13-21)18-28-25(26-4)27-16-15-19-11-14-22(31-6-2)23(17-19)32-7-3/h9-14,17H,5-8,15-16,18H2,1-4H3,(H,29,30)(H2,26,27,28). The molecular weight excluding hydrogens is 404 g/mol. The van der Waals surface area contributed by atoms with Crippen LogP contribution >= 0.6 is 0 Å². The maximum absolute atomic E-state index is 11.7. The Hall–Kier alpha value is -3.22. The first-order valence-electron chi connectivity index (χ1n) is 11.3. The maximum Gasteiger partial charge on any atom is 0.224 e. The van der Waals surface area contributed by atoms with E-state index in [1.807, 2.05) is 57.2 Å². The number of hydrogen-bond donors (Lipinski definition) is 3. The summed E-state index contributed by atoms with van der Waals surface area (Å²) in [7, 11) is 1.76. The highest BCUT2D eigenvalue weighted by Gasteiger charge is 2.07. The highest BCUT2D eigenvalue weighted by atomic mass is 16.5. The summed E-state index contributed by atoms with van der Waals surface area (Å²) in [5.41, 5.74) is 3.09. The fraction of sp³-hybridized carbons (Fsp3) is 0.440. The number of ether oxygens (including phenoxy) is 2. The Kier molecular flexibility index (Phi) is 10.9. The van der Waals surface area contributed by atoms with Crippen molar-refractivity contribution in [2.75, 3.05) is 32.1 Å². The van der Waals surface area contributed by atoms with Crippen LogP contribution in [0.3, 0.4) is 0 Å². The van der Waals surface area contributed by atoms with Crippen molar-refractivity contribution in [2.24, 2.45) is 4.99 Å². The minimum Gasteiger partial charge on any atom is -0.490 e. The van der Waals surface area contributed by atoms with Crippen molar-refractivity contribution in [3.63, 3.8) is 0 Å². The summed E-state index contributed by atoms with van der Waals surface area (Å²) in [6, 6.07) is 13.9. The lowest BCUT2D eigenvalue weighted by Crippen LogP contribution is -2.37. The van der Waals surface area contributed by atoms with E-state index in [9.17, 15) is 4.79 Å². The lowest BCUT2D eigenvalue weighted by molar-refractivity contribution is -0.116. The molecule has 0 saturated heterocycles. The number of anilines is 1. The molecule has 0 bridgehead atoms. The van der Waals surface area contributed by atoms with Gasteiger partial charge in [-0.05, 0) is 62.1 Å². The number of rotatable bonds is 12. The number of guanidine groups is 1. The van der Waals surface area contributed by atoms with Crippen LogP contribution in [-0.4, -0.2) is 38.7 Å². The van der Waals surface area contributed by atoms with E-state index in [1.54, 1.807) is 7.05 Å². The van der Waals surface area contributed by atoms with Crippen molar-refractivity contribution in [2.45, 2.75) is 46.6 Å². The predicted molar refractivity (Wildman–Crippen MR) is 131 cm³/mol. The number of benzene rings is 2. The second-order valence-corrected chi connectivity index (χ2v) is 7.24. The van der Waals surface area contributed by atoms with Gasteiger partial charge in [-0.15, -0.1) is 0 Å². The fourth-order valence-corrected chi connectivity index (χ4v) is 3.14. The molecule has 3 N–H and O–H groups in total. The van der Waals surface area contributed by atoms with Gasteiger partial charge in [0.15, 0.2) is 17.5 Å². The van der Waals surface area contributed by atoms with Crippen molar-refractivity contribution in [3.05, 3.63) is 53.6 Å². The van der Waals surface area contributed by atoms with Gasteiger partial charge >= 0.3 is 0 Å². The van der Waals surface area contributed by atoms with E-state index in [0.717, 1.165) is 48.1 Å². The van der Waals surface area contributed by atoms with Crippen LogP contribution < -0.4 is 25.4 Å². The van der Waals surface area contributed by atoms with Gasteiger partial charge in [0.25, 0.3) is 0 Å². The molecule has 0 heterocycles. The molecule has 0 aliphatic carbocycles. The fourth-order valence-electron chi connectivity index (χ4n) is 3.14. The van der Waals surface area contributed by atoms with Crippen LogP contribution in [0.5, 0.6) is 11.5 Å². The van der Waals surface area contributed by atoms with Gasteiger partial charge < -0.3 is 25.4 Å². The molecule has 0 saturated carbocycles. The molecule has 0 aliphatic rings. The molecule has 0 fully saturated rings. The Morgan fingerprint density at radius 3 is 2.25 bits per heavy atom. The van der Waals surface area contributed by atoms with Crippen molar-refractivity contribution in [3.8, 4) is 11.5 Å². The number of amides is 1.